The van der Waals surface area contributed by atoms with Crippen molar-refractivity contribution in [2.24, 2.45) is 0 Å². The third-order valence-electron chi connectivity index (χ3n) is 2.34. The van der Waals surface area contributed by atoms with Crippen molar-refractivity contribution in [2.45, 2.75) is 0 Å². The molecule has 1 amide bonds. The van der Waals surface area contributed by atoms with Crippen molar-refractivity contribution in [3.8, 4) is 5.82 Å². The van der Waals surface area contributed by atoms with Gasteiger partial charge in [-0.2, -0.15) is 5.10 Å². The number of aromatic nitrogens is 5. The quantitative estimate of drug-likeness (QED) is 0.778. The number of hydrogen-bond acceptors (Lipinski definition) is 6. The van der Waals surface area contributed by atoms with Crippen LogP contribution in [0.4, 0.5) is 5.69 Å². The van der Waals surface area contributed by atoms with Crippen molar-refractivity contribution in [1.82, 2.24) is 24.7 Å². The molecule has 0 spiro atoms. The van der Waals surface area contributed by atoms with E-state index in [0.29, 0.717) is 17.2 Å². The van der Waals surface area contributed by atoms with E-state index in [1.165, 1.54) is 28.7 Å². The monoisotopic (exact) mass is 272 g/mol. The summed E-state index contributed by atoms with van der Waals surface area (Å²) in [7, 11) is 0. The molecule has 0 bridgehead atoms. The second-order valence-corrected chi connectivity index (χ2v) is 4.26. The van der Waals surface area contributed by atoms with Crippen molar-refractivity contribution in [3.05, 3.63) is 47.6 Å². The lowest BCUT2D eigenvalue weighted by atomic mass is 10.3. The van der Waals surface area contributed by atoms with Crippen LogP contribution in [0.3, 0.4) is 0 Å². The van der Waals surface area contributed by atoms with Gasteiger partial charge < -0.3 is 5.32 Å². The molecule has 0 aliphatic carbocycles. The highest BCUT2D eigenvalue weighted by molar-refractivity contribution is 7.07. The van der Waals surface area contributed by atoms with Gasteiger partial charge in [-0.1, -0.05) is 0 Å². The minimum atomic E-state index is -0.282. The number of amides is 1. The molecule has 3 rings (SSSR count). The molecule has 94 valence electrons. The van der Waals surface area contributed by atoms with E-state index in [2.05, 4.69) is 25.4 Å². The third-order valence-corrected chi connectivity index (χ3v) is 2.92. The van der Waals surface area contributed by atoms with Crippen LogP contribution in [-0.2, 0) is 0 Å². The van der Waals surface area contributed by atoms with Crippen molar-refractivity contribution in [1.29, 1.82) is 0 Å². The predicted octanol–water partition coefficient (Wildman–Crippen LogP) is 1.37. The average molecular weight is 272 g/mol. The molecule has 3 heterocycles. The zero-order chi connectivity index (χ0) is 13.1. The Kier molecular flexibility index (Phi) is 2.99. The normalized spacial score (nSPS) is 10.3. The molecule has 0 aromatic carbocycles. The lowest BCUT2D eigenvalue weighted by Gasteiger charge is -2.08. The van der Waals surface area contributed by atoms with Gasteiger partial charge >= 0.3 is 0 Å². The SMILES string of the molecule is O=C(Nc1cccnc1-n1cncn1)c1cscn1. The van der Waals surface area contributed by atoms with E-state index in [-0.39, 0.29) is 5.91 Å². The second kappa shape index (κ2) is 4.94. The van der Waals surface area contributed by atoms with Crippen LogP contribution in [0.25, 0.3) is 5.82 Å². The van der Waals surface area contributed by atoms with Crippen LogP contribution < -0.4 is 5.32 Å². The molecule has 1 N–H and O–H groups in total. The third kappa shape index (κ3) is 2.33. The highest BCUT2D eigenvalue weighted by Crippen LogP contribution is 2.16. The number of pyridine rings is 1. The predicted molar refractivity (Wildman–Crippen MR) is 69.2 cm³/mol. The number of hydrogen-bond donors (Lipinski definition) is 1. The van der Waals surface area contributed by atoms with E-state index in [9.17, 15) is 4.79 Å². The van der Waals surface area contributed by atoms with E-state index >= 15 is 0 Å². The van der Waals surface area contributed by atoms with Crippen LogP contribution in [0.1, 0.15) is 10.5 Å². The lowest BCUT2D eigenvalue weighted by molar-refractivity contribution is 0.102. The topological polar surface area (TPSA) is 85.6 Å². The van der Waals surface area contributed by atoms with Crippen LogP contribution in [0, 0.1) is 0 Å². The highest BCUT2D eigenvalue weighted by Gasteiger charge is 2.12. The van der Waals surface area contributed by atoms with Crippen LogP contribution in [0.2, 0.25) is 0 Å². The summed E-state index contributed by atoms with van der Waals surface area (Å²) in [5.41, 5.74) is 2.53. The van der Waals surface area contributed by atoms with Gasteiger partial charge in [0.25, 0.3) is 5.91 Å². The number of carbonyl (C=O) groups excluding carboxylic acids is 1. The van der Waals surface area contributed by atoms with E-state index in [0.717, 1.165) is 0 Å². The number of nitrogens with zero attached hydrogens (tertiary/aromatic N) is 5. The van der Waals surface area contributed by atoms with E-state index in [1.807, 2.05) is 0 Å². The molecule has 0 aliphatic heterocycles. The first-order valence-corrected chi connectivity index (χ1v) is 6.28. The number of anilines is 1. The average Bonchev–Trinajstić information content (AvgIpc) is 3.13. The first-order valence-electron chi connectivity index (χ1n) is 5.34. The van der Waals surface area contributed by atoms with Gasteiger partial charge in [-0.25, -0.2) is 19.6 Å². The maximum atomic E-state index is 12.0. The zero-order valence-corrected chi connectivity index (χ0v) is 10.4. The Morgan fingerprint density at radius 3 is 3.05 bits per heavy atom. The molecule has 0 radical (unpaired) electrons. The number of carbonyl (C=O) groups is 1. The Bertz CT molecular complexity index is 679. The summed E-state index contributed by atoms with van der Waals surface area (Å²) in [6.07, 6.45) is 4.54. The molecule has 0 unspecified atom stereocenters. The summed E-state index contributed by atoms with van der Waals surface area (Å²) in [5.74, 6) is 0.221. The maximum absolute atomic E-state index is 12.0. The summed E-state index contributed by atoms with van der Waals surface area (Å²) in [4.78, 5) is 24.0. The van der Waals surface area contributed by atoms with Crippen LogP contribution in [0.5, 0.6) is 0 Å². The minimum absolute atomic E-state index is 0.282. The van der Waals surface area contributed by atoms with Crippen molar-refractivity contribution < 1.29 is 4.79 Å². The largest absolute Gasteiger partial charge is 0.317 e. The Hall–Kier alpha value is -2.61. The molecule has 8 heteroatoms. The molecular formula is C11H8N6OS. The Balaban J connectivity index is 1.92. The van der Waals surface area contributed by atoms with Crippen molar-refractivity contribution in [2.75, 3.05) is 5.32 Å². The standard InChI is InChI=1S/C11H8N6OS/c18-11(9-4-19-7-14-9)16-8-2-1-3-13-10(8)17-6-12-5-15-17/h1-7H,(H,16,18). The Morgan fingerprint density at radius 1 is 1.37 bits per heavy atom. The fourth-order valence-electron chi connectivity index (χ4n) is 1.51. The Labute approximate surface area is 112 Å². The molecule has 0 saturated carbocycles. The summed E-state index contributed by atoms with van der Waals surface area (Å²) in [5, 5.41) is 8.43. The van der Waals surface area contributed by atoms with Gasteiger partial charge in [0, 0.05) is 11.6 Å². The summed E-state index contributed by atoms with van der Waals surface area (Å²) >= 11 is 1.37. The maximum Gasteiger partial charge on any atom is 0.275 e. The minimum Gasteiger partial charge on any atom is -0.317 e. The van der Waals surface area contributed by atoms with Gasteiger partial charge in [-0.15, -0.1) is 11.3 Å². The second-order valence-electron chi connectivity index (χ2n) is 3.54. The lowest BCUT2D eigenvalue weighted by Crippen LogP contribution is -2.15. The van der Waals surface area contributed by atoms with Gasteiger partial charge in [-0.05, 0) is 12.1 Å². The molecule has 7 nitrogen and oxygen atoms in total. The molecule has 0 atom stereocenters. The molecular weight excluding hydrogens is 264 g/mol. The summed E-state index contributed by atoms with van der Waals surface area (Å²) in [6.45, 7) is 0. The van der Waals surface area contributed by atoms with Gasteiger partial charge in [-0.3, -0.25) is 4.79 Å². The fourth-order valence-corrected chi connectivity index (χ4v) is 2.04. The molecule has 0 saturated heterocycles. The fraction of sp³-hybridized carbons (Fsp3) is 0. The first kappa shape index (κ1) is 11.5. The summed E-state index contributed by atoms with van der Waals surface area (Å²) in [6, 6.07) is 3.48. The summed E-state index contributed by atoms with van der Waals surface area (Å²) < 4.78 is 1.48. The van der Waals surface area contributed by atoms with E-state index in [1.54, 1.807) is 29.2 Å². The molecule has 0 aliphatic rings. The van der Waals surface area contributed by atoms with Gasteiger partial charge in [0.1, 0.15) is 18.3 Å². The molecule has 3 aromatic heterocycles. The Morgan fingerprint density at radius 2 is 2.32 bits per heavy atom. The van der Waals surface area contributed by atoms with Gasteiger partial charge in [0.15, 0.2) is 5.82 Å². The van der Waals surface area contributed by atoms with E-state index < -0.39 is 0 Å². The molecule has 19 heavy (non-hydrogen) atoms. The number of nitrogens with one attached hydrogen (secondary N) is 1. The number of thiazole rings is 1. The first-order chi connectivity index (χ1) is 9.34. The van der Waals surface area contributed by atoms with Gasteiger partial charge in [0.05, 0.1) is 11.2 Å². The highest BCUT2D eigenvalue weighted by atomic mass is 32.1. The molecule has 3 aromatic rings. The number of rotatable bonds is 3. The van der Waals surface area contributed by atoms with Crippen molar-refractivity contribution in [3.63, 3.8) is 0 Å². The van der Waals surface area contributed by atoms with Crippen molar-refractivity contribution >= 4 is 22.9 Å². The smallest absolute Gasteiger partial charge is 0.275 e. The zero-order valence-electron chi connectivity index (χ0n) is 9.59. The van der Waals surface area contributed by atoms with E-state index in [4.69, 9.17) is 0 Å². The molecule has 0 fully saturated rings. The van der Waals surface area contributed by atoms with Crippen LogP contribution in [0.15, 0.2) is 41.9 Å². The van der Waals surface area contributed by atoms with Gasteiger partial charge in [0.2, 0.25) is 0 Å². The van der Waals surface area contributed by atoms with Crippen LogP contribution in [-0.4, -0.2) is 30.6 Å². The van der Waals surface area contributed by atoms with Crippen LogP contribution >= 0.6 is 11.3 Å².